The Balaban J connectivity index is 1.74. The van der Waals surface area contributed by atoms with Crippen molar-refractivity contribution in [1.29, 1.82) is 0 Å². The fourth-order valence-electron chi connectivity index (χ4n) is 2.57. The number of carbonyl (C=O) groups excluding carboxylic acids is 1. The van der Waals surface area contributed by atoms with Crippen LogP contribution in [0.4, 0.5) is 11.4 Å². The van der Waals surface area contributed by atoms with Gasteiger partial charge in [-0.15, -0.1) is 0 Å². The van der Waals surface area contributed by atoms with E-state index in [4.69, 9.17) is 0 Å². The molecule has 0 atom stereocenters. The zero-order chi connectivity index (χ0) is 20.3. The van der Waals surface area contributed by atoms with E-state index in [-0.39, 0.29) is 10.8 Å². The molecule has 28 heavy (non-hydrogen) atoms. The molecule has 7 heteroatoms. The second kappa shape index (κ2) is 8.16. The first kappa shape index (κ1) is 20.1. The summed E-state index contributed by atoms with van der Waals surface area (Å²) in [6, 6.07) is 18.4. The summed E-state index contributed by atoms with van der Waals surface area (Å²) in [5.41, 5.74) is 3.62. The van der Waals surface area contributed by atoms with Crippen LogP contribution in [0, 0.1) is 13.8 Å². The fourth-order valence-corrected chi connectivity index (χ4v) is 4.02. The molecule has 0 saturated carbocycles. The molecular weight excluding hydrogens is 440 g/mol. The topological polar surface area (TPSA) is 75.3 Å². The molecule has 0 fully saturated rings. The number of halogens is 1. The van der Waals surface area contributed by atoms with E-state index in [0.29, 0.717) is 16.9 Å². The predicted octanol–water partition coefficient (Wildman–Crippen LogP) is 5.12. The van der Waals surface area contributed by atoms with Crippen LogP contribution in [0.15, 0.2) is 76.1 Å². The number of anilines is 2. The number of benzene rings is 3. The van der Waals surface area contributed by atoms with Crippen molar-refractivity contribution in [2.45, 2.75) is 18.7 Å². The van der Waals surface area contributed by atoms with Gasteiger partial charge >= 0.3 is 0 Å². The van der Waals surface area contributed by atoms with Gasteiger partial charge in [-0.25, -0.2) is 8.42 Å². The number of carbonyl (C=O) groups is 1. The van der Waals surface area contributed by atoms with Crippen LogP contribution in [0.3, 0.4) is 0 Å². The molecule has 5 nitrogen and oxygen atoms in total. The van der Waals surface area contributed by atoms with Crippen LogP contribution >= 0.6 is 15.9 Å². The molecule has 0 radical (unpaired) electrons. The van der Waals surface area contributed by atoms with E-state index in [0.717, 1.165) is 15.6 Å². The number of rotatable bonds is 5. The van der Waals surface area contributed by atoms with Gasteiger partial charge in [0.15, 0.2) is 0 Å². The van der Waals surface area contributed by atoms with E-state index < -0.39 is 10.0 Å². The largest absolute Gasteiger partial charge is 0.322 e. The van der Waals surface area contributed by atoms with Gasteiger partial charge in [-0.3, -0.25) is 9.52 Å². The Morgan fingerprint density at radius 2 is 1.54 bits per heavy atom. The third-order valence-electron chi connectivity index (χ3n) is 4.27. The van der Waals surface area contributed by atoms with E-state index in [1.807, 2.05) is 26.0 Å². The lowest BCUT2D eigenvalue weighted by Crippen LogP contribution is -2.14. The first-order valence-electron chi connectivity index (χ1n) is 8.52. The first-order valence-corrected chi connectivity index (χ1v) is 10.8. The standard InChI is InChI=1S/C21H19BrN2O3S/c1-14-6-7-19(12-15(14)2)24-28(26,27)20-10-8-18(9-11-20)23-21(25)16-4-3-5-17(22)13-16/h3-13,24H,1-2H3,(H,23,25). The zero-order valence-electron chi connectivity index (χ0n) is 15.4. The highest BCUT2D eigenvalue weighted by atomic mass is 79.9. The molecule has 0 heterocycles. The van der Waals surface area contributed by atoms with Gasteiger partial charge in [-0.05, 0) is 79.6 Å². The molecule has 0 unspecified atom stereocenters. The molecule has 1 amide bonds. The Morgan fingerprint density at radius 1 is 0.857 bits per heavy atom. The molecule has 0 saturated heterocycles. The van der Waals surface area contributed by atoms with Gasteiger partial charge in [-0.1, -0.05) is 28.1 Å². The van der Waals surface area contributed by atoms with E-state index in [1.165, 1.54) is 12.1 Å². The Kier molecular flexibility index (Phi) is 5.86. The molecule has 0 bridgehead atoms. The smallest absolute Gasteiger partial charge is 0.261 e. The highest BCUT2D eigenvalue weighted by Crippen LogP contribution is 2.21. The number of amides is 1. The fraction of sp³-hybridized carbons (Fsp3) is 0.0952. The Hall–Kier alpha value is -2.64. The average Bonchev–Trinajstić information content (AvgIpc) is 2.65. The van der Waals surface area contributed by atoms with Crippen LogP contribution < -0.4 is 10.0 Å². The summed E-state index contributed by atoms with van der Waals surface area (Å²) >= 11 is 3.33. The molecule has 2 N–H and O–H groups in total. The van der Waals surface area contributed by atoms with Gasteiger partial charge < -0.3 is 5.32 Å². The number of aryl methyl sites for hydroxylation is 2. The molecule has 0 aliphatic carbocycles. The third-order valence-corrected chi connectivity index (χ3v) is 6.16. The Bertz CT molecular complexity index is 1130. The van der Waals surface area contributed by atoms with Gasteiger partial charge in [0.25, 0.3) is 15.9 Å². The van der Waals surface area contributed by atoms with Crippen molar-refractivity contribution >= 4 is 43.2 Å². The van der Waals surface area contributed by atoms with Crippen molar-refractivity contribution in [1.82, 2.24) is 0 Å². The second-order valence-electron chi connectivity index (χ2n) is 6.39. The van der Waals surface area contributed by atoms with Gasteiger partial charge in [-0.2, -0.15) is 0 Å². The molecule has 0 aliphatic rings. The number of nitrogens with one attached hydrogen (secondary N) is 2. The van der Waals surface area contributed by atoms with Crippen molar-refractivity contribution in [3.63, 3.8) is 0 Å². The second-order valence-corrected chi connectivity index (χ2v) is 8.99. The van der Waals surface area contributed by atoms with Crippen LogP contribution in [0.5, 0.6) is 0 Å². The van der Waals surface area contributed by atoms with Crippen molar-refractivity contribution in [3.05, 3.63) is 87.9 Å². The van der Waals surface area contributed by atoms with Crippen LogP contribution in [-0.2, 0) is 10.0 Å². The van der Waals surface area contributed by atoms with Gasteiger partial charge in [0, 0.05) is 21.4 Å². The minimum Gasteiger partial charge on any atom is -0.322 e. The molecule has 0 aromatic heterocycles. The van der Waals surface area contributed by atoms with Crippen molar-refractivity contribution in [2.75, 3.05) is 10.0 Å². The number of sulfonamides is 1. The highest BCUT2D eigenvalue weighted by Gasteiger charge is 2.15. The summed E-state index contributed by atoms with van der Waals surface area (Å²) in [7, 11) is -3.71. The highest BCUT2D eigenvalue weighted by molar-refractivity contribution is 9.10. The maximum absolute atomic E-state index is 12.6. The Labute approximate surface area is 173 Å². The van der Waals surface area contributed by atoms with Crippen molar-refractivity contribution in [2.24, 2.45) is 0 Å². The molecule has 0 aliphatic heterocycles. The average molecular weight is 459 g/mol. The maximum atomic E-state index is 12.6. The van der Waals surface area contributed by atoms with Crippen LogP contribution in [0.2, 0.25) is 0 Å². The SMILES string of the molecule is Cc1ccc(NS(=O)(=O)c2ccc(NC(=O)c3cccc(Br)c3)cc2)cc1C. The van der Waals surface area contributed by atoms with E-state index in [2.05, 4.69) is 26.0 Å². The van der Waals surface area contributed by atoms with E-state index in [9.17, 15) is 13.2 Å². The lowest BCUT2D eigenvalue weighted by molar-refractivity contribution is 0.102. The van der Waals surface area contributed by atoms with Gasteiger partial charge in [0.05, 0.1) is 4.90 Å². The van der Waals surface area contributed by atoms with E-state index >= 15 is 0 Å². The predicted molar refractivity (Wildman–Crippen MR) is 115 cm³/mol. The van der Waals surface area contributed by atoms with E-state index in [1.54, 1.807) is 42.5 Å². The third kappa shape index (κ3) is 4.79. The number of hydrogen-bond acceptors (Lipinski definition) is 3. The summed E-state index contributed by atoms with van der Waals surface area (Å²) in [6.45, 7) is 3.89. The maximum Gasteiger partial charge on any atom is 0.261 e. The summed E-state index contributed by atoms with van der Waals surface area (Å²) in [5.74, 6) is -0.273. The monoisotopic (exact) mass is 458 g/mol. The molecule has 3 aromatic rings. The van der Waals surface area contributed by atoms with Crippen molar-refractivity contribution < 1.29 is 13.2 Å². The normalized spacial score (nSPS) is 11.1. The number of hydrogen-bond donors (Lipinski definition) is 2. The van der Waals surface area contributed by atoms with Crippen molar-refractivity contribution in [3.8, 4) is 0 Å². The van der Waals surface area contributed by atoms with Crippen LogP contribution in [0.25, 0.3) is 0 Å². The minimum atomic E-state index is -3.71. The lowest BCUT2D eigenvalue weighted by atomic mass is 10.1. The quantitative estimate of drug-likeness (QED) is 0.556. The molecule has 3 aromatic carbocycles. The van der Waals surface area contributed by atoms with Crippen LogP contribution in [0.1, 0.15) is 21.5 Å². The summed E-state index contributed by atoms with van der Waals surface area (Å²) < 4.78 is 28.6. The molecule has 3 rings (SSSR count). The summed E-state index contributed by atoms with van der Waals surface area (Å²) in [5, 5.41) is 2.75. The summed E-state index contributed by atoms with van der Waals surface area (Å²) in [4.78, 5) is 12.4. The zero-order valence-corrected chi connectivity index (χ0v) is 17.8. The lowest BCUT2D eigenvalue weighted by Gasteiger charge is -2.11. The first-order chi connectivity index (χ1) is 13.2. The van der Waals surface area contributed by atoms with Gasteiger partial charge in [0.2, 0.25) is 0 Å². The van der Waals surface area contributed by atoms with Crippen LogP contribution in [-0.4, -0.2) is 14.3 Å². The van der Waals surface area contributed by atoms with Gasteiger partial charge in [0.1, 0.15) is 0 Å². The molecular formula is C21H19BrN2O3S. The summed E-state index contributed by atoms with van der Waals surface area (Å²) in [6.07, 6.45) is 0. The minimum absolute atomic E-state index is 0.117. The molecule has 0 spiro atoms. The molecule has 144 valence electrons. The Morgan fingerprint density at radius 3 is 2.18 bits per heavy atom.